The first-order chi connectivity index (χ1) is 9.99. The predicted molar refractivity (Wildman–Crippen MR) is 78.9 cm³/mol. The minimum Gasteiger partial charge on any atom is -0.457 e. The minimum absolute atomic E-state index is 0.0365. The molecule has 3 rings (SSSR count). The van der Waals surface area contributed by atoms with Gasteiger partial charge in [-0.3, -0.25) is 4.79 Å². The molecule has 0 aromatic carbocycles. The Morgan fingerprint density at radius 3 is 2.62 bits per heavy atom. The molecule has 4 heteroatoms. The molecule has 1 unspecified atom stereocenters. The Kier molecular flexibility index (Phi) is 4.28. The first-order valence-corrected chi connectivity index (χ1v) is 8.45. The normalized spacial score (nSPS) is 43.0. The van der Waals surface area contributed by atoms with Gasteiger partial charge in [0.15, 0.2) is 6.10 Å². The average molecular weight is 296 g/mol. The number of hydrogen-bond donors (Lipinski definition) is 0. The van der Waals surface area contributed by atoms with Crippen LogP contribution in [0.3, 0.4) is 0 Å². The number of fused-ring (bicyclic) bond motifs is 1. The number of ether oxygens (including phenoxy) is 3. The van der Waals surface area contributed by atoms with Crippen LogP contribution >= 0.6 is 0 Å². The standard InChI is InChI=1S/C17H28O4/c1-11(2)12-4-6-13(7-5-12)16(18)21-14-10-20-17(3)8-9-19-15(14)17/h11-15H,4-10H2,1-3H3/t12?,13?,14?,15-,17-/m1/s1. The zero-order valence-corrected chi connectivity index (χ0v) is 13.5. The zero-order chi connectivity index (χ0) is 15.0. The van der Waals surface area contributed by atoms with E-state index in [2.05, 4.69) is 20.8 Å². The maximum atomic E-state index is 12.4. The van der Waals surface area contributed by atoms with Crippen molar-refractivity contribution in [3.63, 3.8) is 0 Å². The van der Waals surface area contributed by atoms with E-state index in [4.69, 9.17) is 14.2 Å². The van der Waals surface area contributed by atoms with Gasteiger partial charge in [-0.15, -0.1) is 0 Å². The van der Waals surface area contributed by atoms with Crippen LogP contribution < -0.4 is 0 Å². The zero-order valence-electron chi connectivity index (χ0n) is 13.5. The molecule has 0 amide bonds. The van der Waals surface area contributed by atoms with Crippen molar-refractivity contribution in [3.8, 4) is 0 Å². The molecule has 2 heterocycles. The van der Waals surface area contributed by atoms with Crippen LogP contribution in [0.1, 0.15) is 52.9 Å². The molecular weight excluding hydrogens is 268 g/mol. The highest BCUT2D eigenvalue weighted by Crippen LogP contribution is 2.39. The summed E-state index contributed by atoms with van der Waals surface area (Å²) in [6.07, 6.45) is 4.84. The number of carbonyl (C=O) groups excluding carboxylic acids is 1. The van der Waals surface area contributed by atoms with Crippen LogP contribution in [-0.2, 0) is 19.0 Å². The van der Waals surface area contributed by atoms with Crippen molar-refractivity contribution >= 4 is 5.97 Å². The fourth-order valence-electron chi connectivity index (χ4n) is 4.08. The smallest absolute Gasteiger partial charge is 0.309 e. The molecule has 0 spiro atoms. The Hall–Kier alpha value is -0.610. The summed E-state index contributed by atoms with van der Waals surface area (Å²) in [5.41, 5.74) is -0.250. The van der Waals surface area contributed by atoms with Crippen LogP contribution in [0.2, 0.25) is 0 Å². The number of hydrogen-bond acceptors (Lipinski definition) is 4. The van der Waals surface area contributed by atoms with E-state index in [1.807, 2.05) is 0 Å². The molecule has 0 bridgehead atoms. The molecule has 0 aromatic heterocycles. The van der Waals surface area contributed by atoms with Crippen molar-refractivity contribution < 1.29 is 19.0 Å². The lowest BCUT2D eigenvalue weighted by molar-refractivity contribution is -0.160. The lowest BCUT2D eigenvalue weighted by atomic mass is 9.77. The first-order valence-electron chi connectivity index (χ1n) is 8.45. The van der Waals surface area contributed by atoms with Gasteiger partial charge in [0.1, 0.15) is 6.10 Å². The summed E-state index contributed by atoms with van der Waals surface area (Å²) in [6, 6.07) is 0. The summed E-state index contributed by atoms with van der Waals surface area (Å²) < 4.78 is 17.3. The molecular formula is C17H28O4. The maximum Gasteiger partial charge on any atom is 0.309 e. The monoisotopic (exact) mass is 296 g/mol. The molecule has 21 heavy (non-hydrogen) atoms. The summed E-state index contributed by atoms with van der Waals surface area (Å²) in [4.78, 5) is 12.4. The van der Waals surface area contributed by atoms with Gasteiger partial charge in [-0.25, -0.2) is 0 Å². The summed E-state index contributed by atoms with van der Waals surface area (Å²) >= 11 is 0. The molecule has 4 nitrogen and oxygen atoms in total. The van der Waals surface area contributed by atoms with Gasteiger partial charge < -0.3 is 14.2 Å². The Morgan fingerprint density at radius 2 is 1.95 bits per heavy atom. The molecule has 3 fully saturated rings. The lowest BCUT2D eigenvalue weighted by Crippen LogP contribution is -2.39. The van der Waals surface area contributed by atoms with Crippen molar-refractivity contribution in [2.24, 2.45) is 17.8 Å². The third kappa shape index (κ3) is 2.98. The van der Waals surface area contributed by atoms with E-state index in [-0.39, 0.29) is 29.7 Å². The third-order valence-electron chi connectivity index (χ3n) is 5.73. The second-order valence-corrected chi connectivity index (χ2v) is 7.50. The van der Waals surface area contributed by atoms with Gasteiger partial charge in [0.05, 0.1) is 24.7 Å². The topological polar surface area (TPSA) is 44.8 Å². The molecule has 120 valence electrons. The van der Waals surface area contributed by atoms with E-state index in [1.165, 1.54) is 0 Å². The largest absolute Gasteiger partial charge is 0.457 e. The summed E-state index contributed by atoms with van der Waals surface area (Å²) in [5.74, 6) is 1.53. The van der Waals surface area contributed by atoms with Crippen molar-refractivity contribution in [3.05, 3.63) is 0 Å². The van der Waals surface area contributed by atoms with Gasteiger partial charge in [0.25, 0.3) is 0 Å². The van der Waals surface area contributed by atoms with Gasteiger partial charge in [0.2, 0.25) is 0 Å². The highest BCUT2D eigenvalue weighted by Gasteiger charge is 2.53. The van der Waals surface area contributed by atoms with Crippen LogP contribution in [0.4, 0.5) is 0 Å². The molecule has 1 saturated carbocycles. The Balaban J connectivity index is 1.51. The average Bonchev–Trinajstić information content (AvgIpc) is 2.97. The van der Waals surface area contributed by atoms with E-state index in [0.717, 1.165) is 43.9 Å². The van der Waals surface area contributed by atoms with Gasteiger partial charge >= 0.3 is 5.97 Å². The highest BCUT2D eigenvalue weighted by molar-refractivity contribution is 5.72. The lowest BCUT2D eigenvalue weighted by Gasteiger charge is -2.30. The fraction of sp³-hybridized carbons (Fsp3) is 0.941. The Bertz CT molecular complexity index is 386. The van der Waals surface area contributed by atoms with Crippen LogP contribution in [-0.4, -0.2) is 37.0 Å². The van der Waals surface area contributed by atoms with Crippen molar-refractivity contribution in [1.29, 1.82) is 0 Å². The first kappa shape index (κ1) is 15.3. The molecule has 0 N–H and O–H groups in total. The van der Waals surface area contributed by atoms with Crippen LogP contribution in [0.15, 0.2) is 0 Å². The van der Waals surface area contributed by atoms with E-state index in [9.17, 15) is 4.79 Å². The van der Waals surface area contributed by atoms with Crippen molar-refractivity contribution in [2.45, 2.75) is 70.7 Å². The van der Waals surface area contributed by atoms with Crippen LogP contribution in [0.25, 0.3) is 0 Å². The molecule has 2 aliphatic heterocycles. The van der Waals surface area contributed by atoms with Gasteiger partial charge in [-0.1, -0.05) is 13.8 Å². The molecule has 0 radical (unpaired) electrons. The molecule has 3 aliphatic rings. The quantitative estimate of drug-likeness (QED) is 0.751. The molecule has 0 aromatic rings. The van der Waals surface area contributed by atoms with Crippen LogP contribution in [0.5, 0.6) is 0 Å². The number of esters is 1. The summed E-state index contributed by atoms with van der Waals surface area (Å²) in [6.45, 7) is 7.80. The van der Waals surface area contributed by atoms with E-state index in [1.54, 1.807) is 0 Å². The summed E-state index contributed by atoms with van der Waals surface area (Å²) in [7, 11) is 0. The minimum atomic E-state index is -0.250. The number of rotatable bonds is 3. The van der Waals surface area contributed by atoms with Crippen LogP contribution in [0, 0.1) is 17.8 Å². The number of carbonyl (C=O) groups is 1. The van der Waals surface area contributed by atoms with Crippen molar-refractivity contribution in [1.82, 2.24) is 0 Å². The predicted octanol–water partition coefficient (Wildman–Crippen LogP) is 2.94. The van der Waals surface area contributed by atoms with Gasteiger partial charge in [-0.05, 0) is 44.4 Å². The van der Waals surface area contributed by atoms with E-state index in [0.29, 0.717) is 13.2 Å². The van der Waals surface area contributed by atoms with Crippen molar-refractivity contribution in [2.75, 3.05) is 13.2 Å². The second kappa shape index (κ2) is 5.88. The van der Waals surface area contributed by atoms with Gasteiger partial charge in [-0.2, -0.15) is 0 Å². The molecule has 3 atom stereocenters. The SMILES string of the molecule is CC(C)C1CCC(C(=O)OC2CO[C@]3(C)CCO[C@H]23)CC1. The van der Waals surface area contributed by atoms with E-state index < -0.39 is 0 Å². The maximum absolute atomic E-state index is 12.4. The highest BCUT2D eigenvalue weighted by atomic mass is 16.6. The fourth-order valence-corrected chi connectivity index (χ4v) is 4.08. The molecule has 1 aliphatic carbocycles. The van der Waals surface area contributed by atoms with Gasteiger partial charge in [0, 0.05) is 6.42 Å². The summed E-state index contributed by atoms with van der Waals surface area (Å²) in [5, 5.41) is 0. The second-order valence-electron chi connectivity index (χ2n) is 7.50. The molecule has 2 saturated heterocycles. The Morgan fingerprint density at radius 1 is 1.24 bits per heavy atom. The van der Waals surface area contributed by atoms with E-state index >= 15 is 0 Å². The third-order valence-corrected chi connectivity index (χ3v) is 5.73. The Labute approximate surface area is 127 Å².